The van der Waals surface area contributed by atoms with Crippen LogP contribution in [0.5, 0.6) is 0 Å². The number of nitrogens with one attached hydrogen (secondary N) is 1. The van der Waals surface area contributed by atoms with Crippen molar-refractivity contribution in [3.63, 3.8) is 0 Å². The van der Waals surface area contributed by atoms with Gasteiger partial charge in [-0.1, -0.05) is 24.3 Å². The molecular formula is C21H20N4O2S. The molecule has 1 aliphatic rings. The molecule has 1 atom stereocenters. The molecule has 3 heterocycles. The fraction of sp³-hybridized carbons (Fsp3) is 0.238. The Morgan fingerprint density at radius 2 is 2.00 bits per heavy atom. The van der Waals surface area contributed by atoms with Crippen LogP contribution in [0, 0.1) is 5.92 Å². The van der Waals surface area contributed by atoms with Crippen molar-refractivity contribution in [2.75, 3.05) is 18.0 Å². The Balaban J connectivity index is 1.28. The van der Waals surface area contributed by atoms with Gasteiger partial charge in [-0.2, -0.15) is 0 Å². The number of carbonyl (C=O) groups excluding carboxylic acids is 2. The van der Waals surface area contributed by atoms with Crippen LogP contribution in [0.3, 0.4) is 0 Å². The van der Waals surface area contributed by atoms with Crippen LogP contribution in [0.4, 0.5) is 5.69 Å². The number of benzene rings is 1. The van der Waals surface area contributed by atoms with Gasteiger partial charge in [0.25, 0.3) is 0 Å². The molecule has 1 aliphatic heterocycles. The summed E-state index contributed by atoms with van der Waals surface area (Å²) in [5, 5.41) is 5.82. The Labute approximate surface area is 167 Å². The van der Waals surface area contributed by atoms with E-state index in [9.17, 15) is 9.59 Å². The molecule has 0 bridgehead atoms. The van der Waals surface area contributed by atoms with Gasteiger partial charge < -0.3 is 10.2 Å². The monoisotopic (exact) mass is 392 g/mol. The van der Waals surface area contributed by atoms with E-state index in [1.165, 1.54) is 0 Å². The van der Waals surface area contributed by atoms with Gasteiger partial charge in [-0.05, 0) is 24.3 Å². The van der Waals surface area contributed by atoms with Gasteiger partial charge in [0, 0.05) is 43.2 Å². The number of nitrogens with zero attached hydrogens (tertiary/aromatic N) is 3. The lowest BCUT2D eigenvalue weighted by molar-refractivity contribution is -0.126. The Morgan fingerprint density at radius 3 is 2.79 bits per heavy atom. The van der Waals surface area contributed by atoms with E-state index in [1.807, 2.05) is 53.9 Å². The average molecular weight is 392 g/mol. The smallest absolute Gasteiger partial charge is 0.227 e. The molecule has 7 heteroatoms. The maximum atomic E-state index is 12.5. The first-order chi connectivity index (χ1) is 13.7. The summed E-state index contributed by atoms with van der Waals surface area (Å²) >= 11 is 1.55. The third-order valence-corrected chi connectivity index (χ3v) is 5.59. The molecule has 0 spiro atoms. The first-order valence-corrected chi connectivity index (χ1v) is 10.1. The number of para-hydroxylation sites is 1. The summed E-state index contributed by atoms with van der Waals surface area (Å²) in [5.41, 5.74) is 2.62. The van der Waals surface area contributed by atoms with Gasteiger partial charge in [0.2, 0.25) is 11.8 Å². The molecule has 1 aromatic carbocycles. The van der Waals surface area contributed by atoms with Crippen LogP contribution in [0.2, 0.25) is 0 Å². The fourth-order valence-electron chi connectivity index (χ4n) is 3.23. The Kier molecular flexibility index (Phi) is 5.43. The van der Waals surface area contributed by atoms with Crippen molar-refractivity contribution in [2.45, 2.75) is 12.8 Å². The molecule has 142 valence electrons. The van der Waals surface area contributed by atoms with Crippen molar-refractivity contribution in [2.24, 2.45) is 5.92 Å². The van der Waals surface area contributed by atoms with Crippen LogP contribution in [-0.4, -0.2) is 34.9 Å². The number of thiazole rings is 1. The predicted molar refractivity (Wildman–Crippen MR) is 109 cm³/mol. The van der Waals surface area contributed by atoms with Crippen LogP contribution in [-0.2, 0) is 16.0 Å². The molecule has 1 fully saturated rings. The number of anilines is 1. The highest BCUT2D eigenvalue weighted by Gasteiger charge is 2.34. The van der Waals surface area contributed by atoms with Crippen molar-refractivity contribution in [3.05, 3.63) is 65.8 Å². The lowest BCUT2D eigenvalue weighted by Crippen LogP contribution is -2.34. The Hall–Kier alpha value is -3.06. The van der Waals surface area contributed by atoms with E-state index >= 15 is 0 Å². The third kappa shape index (κ3) is 4.09. The topological polar surface area (TPSA) is 75.2 Å². The maximum Gasteiger partial charge on any atom is 0.227 e. The van der Waals surface area contributed by atoms with Crippen molar-refractivity contribution in [1.29, 1.82) is 0 Å². The van der Waals surface area contributed by atoms with Crippen LogP contribution < -0.4 is 10.2 Å². The van der Waals surface area contributed by atoms with E-state index in [1.54, 1.807) is 22.4 Å². The highest BCUT2D eigenvalue weighted by Crippen LogP contribution is 2.25. The van der Waals surface area contributed by atoms with E-state index in [4.69, 9.17) is 0 Å². The van der Waals surface area contributed by atoms with Gasteiger partial charge >= 0.3 is 0 Å². The minimum atomic E-state index is -0.313. The second-order valence-electron chi connectivity index (χ2n) is 6.64. The molecule has 2 aromatic heterocycles. The highest BCUT2D eigenvalue weighted by atomic mass is 32.1. The lowest BCUT2D eigenvalue weighted by atomic mass is 10.1. The summed E-state index contributed by atoms with van der Waals surface area (Å²) in [6.07, 6.45) is 2.65. The predicted octanol–water partition coefficient (Wildman–Crippen LogP) is 2.92. The Bertz CT molecular complexity index is 959. The van der Waals surface area contributed by atoms with E-state index in [0.717, 1.165) is 22.1 Å². The summed E-state index contributed by atoms with van der Waals surface area (Å²) in [6, 6.07) is 15.2. The van der Waals surface area contributed by atoms with E-state index in [2.05, 4.69) is 15.3 Å². The van der Waals surface area contributed by atoms with Crippen LogP contribution >= 0.6 is 11.3 Å². The zero-order valence-corrected chi connectivity index (χ0v) is 16.1. The minimum Gasteiger partial charge on any atom is -0.355 e. The van der Waals surface area contributed by atoms with E-state index in [0.29, 0.717) is 19.5 Å². The van der Waals surface area contributed by atoms with Gasteiger partial charge in [0.15, 0.2) is 0 Å². The highest BCUT2D eigenvalue weighted by molar-refractivity contribution is 7.13. The summed E-state index contributed by atoms with van der Waals surface area (Å²) in [4.78, 5) is 35.3. The quantitative estimate of drug-likeness (QED) is 0.700. The molecule has 1 saturated heterocycles. The molecule has 28 heavy (non-hydrogen) atoms. The molecule has 2 amide bonds. The van der Waals surface area contributed by atoms with Gasteiger partial charge in [-0.25, -0.2) is 4.98 Å². The van der Waals surface area contributed by atoms with Crippen molar-refractivity contribution < 1.29 is 9.59 Å². The van der Waals surface area contributed by atoms with Crippen molar-refractivity contribution in [1.82, 2.24) is 15.3 Å². The van der Waals surface area contributed by atoms with Crippen molar-refractivity contribution >= 4 is 28.8 Å². The minimum absolute atomic E-state index is 0.00847. The summed E-state index contributed by atoms with van der Waals surface area (Å²) in [6.45, 7) is 0.926. The average Bonchev–Trinajstić information content (AvgIpc) is 3.36. The number of carbonyl (C=O) groups is 2. The number of amides is 2. The Morgan fingerprint density at radius 1 is 1.18 bits per heavy atom. The van der Waals surface area contributed by atoms with Crippen LogP contribution in [0.1, 0.15) is 12.1 Å². The van der Waals surface area contributed by atoms with Gasteiger partial charge in [-0.15, -0.1) is 11.3 Å². The standard InChI is InChI=1S/C21H20N4O2S/c26-19-12-15(13-25(19)17-6-2-1-3-7-17)20(27)23-11-9-16-14-28-21(24-16)18-8-4-5-10-22-18/h1-8,10,14-15H,9,11-13H2,(H,23,27). The van der Waals surface area contributed by atoms with E-state index in [-0.39, 0.29) is 24.2 Å². The summed E-state index contributed by atoms with van der Waals surface area (Å²) < 4.78 is 0. The number of hydrogen-bond acceptors (Lipinski definition) is 5. The molecule has 0 aliphatic carbocycles. The molecule has 0 radical (unpaired) electrons. The largest absolute Gasteiger partial charge is 0.355 e. The molecule has 0 saturated carbocycles. The molecule has 1 N–H and O–H groups in total. The van der Waals surface area contributed by atoms with Crippen molar-refractivity contribution in [3.8, 4) is 10.7 Å². The van der Waals surface area contributed by atoms with E-state index < -0.39 is 0 Å². The zero-order valence-electron chi connectivity index (χ0n) is 15.2. The molecule has 3 aromatic rings. The first-order valence-electron chi connectivity index (χ1n) is 9.19. The van der Waals surface area contributed by atoms with Crippen LogP contribution in [0.15, 0.2) is 60.1 Å². The summed E-state index contributed by atoms with van der Waals surface area (Å²) in [7, 11) is 0. The number of hydrogen-bond donors (Lipinski definition) is 1. The molecular weight excluding hydrogens is 372 g/mol. The number of rotatable bonds is 6. The van der Waals surface area contributed by atoms with Crippen LogP contribution in [0.25, 0.3) is 10.7 Å². The molecule has 1 unspecified atom stereocenters. The molecule has 6 nitrogen and oxygen atoms in total. The SMILES string of the molecule is O=C(NCCc1csc(-c2ccccn2)n1)C1CC(=O)N(c2ccccc2)C1. The van der Waals surface area contributed by atoms with Gasteiger partial charge in [0.05, 0.1) is 17.3 Å². The first kappa shape index (κ1) is 18.3. The normalized spacial score (nSPS) is 16.4. The maximum absolute atomic E-state index is 12.5. The second kappa shape index (κ2) is 8.31. The number of aromatic nitrogens is 2. The second-order valence-corrected chi connectivity index (χ2v) is 7.50. The third-order valence-electron chi connectivity index (χ3n) is 4.68. The fourth-order valence-corrected chi connectivity index (χ4v) is 4.06. The molecule has 4 rings (SSSR count). The lowest BCUT2D eigenvalue weighted by Gasteiger charge is -2.16. The summed E-state index contributed by atoms with van der Waals surface area (Å²) in [5.74, 6) is -0.398. The zero-order chi connectivity index (χ0) is 19.3. The van der Waals surface area contributed by atoms with Gasteiger partial charge in [-0.3, -0.25) is 14.6 Å². The number of pyridine rings is 1. The van der Waals surface area contributed by atoms with Gasteiger partial charge in [0.1, 0.15) is 5.01 Å².